The lowest BCUT2D eigenvalue weighted by atomic mass is 10.6. The van der Waals surface area contributed by atoms with E-state index in [1.165, 1.54) is 6.20 Å². The monoisotopic (exact) mass is 268 g/mol. The Kier molecular flexibility index (Phi) is 3.96. The number of nitrogens with one attached hydrogen (secondary N) is 1. The standard InChI is InChI=1S/C6H7BrF2N4O/c7-3-1-11-6(13-10)12-5(3)14-2-4(8)9/h1,4H,2,10H2,(H,11,12,13). The summed E-state index contributed by atoms with van der Waals surface area (Å²) < 4.78 is 28.7. The number of nitrogens with zero attached hydrogens (tertiary/aromatic N) is 2. The minimum atomic E-state index is -2.55. The molecule has 0 radical (unpaired) electrons. The Morgan fingerprint density at radius 2 is 2.36 bits per heavy atom. The predicted molar refractivity (Wildman–Crippen MR) is 49.0 cm³/mol. The first kappa shape index (κ1) is 11.1. The Bertz CT molecular complexity index is 312. The molecule has 1 heterocycles. The number of anilines is 1. The van der Waals surface area contributed by atoms with Crippen LogP contribution in [0.3, 0.4) is 0 Å². The summed E-state index contributed by atoms with van der Waals surface area (Å²) in [5.74, 6) is 5.15. The molecule has 0 bridgehead atoms. The second kappa shape index (κ2) is 5.01. The van der Waals surface area contributed by atoms with E-state index in [2.05, 4.69) is 31.3 Å². The maximum Gasteiger partial charge on any atom is 0.272 e. The van der Waals surface area contributed by atoms with Crippen molar-refractivity contribution in [2.75, 3.05) is 12.0 Å². The van der Waals surface area contributed by atoms with Crippen molar-refractivity contribution in [3.05, 3.63) is 10.7 Å². The molecular formula is C6H7BrF2N4O. The molecule has 78 valence electrons. The summed E-state index contributed by atoms with van der Waals surface area (Å²) in [6.45, 7) is -0.723. The predicted octanol–water partition coefficient (Wildman–Crippen LogP) is 1.17. The highest BCUT2D eigenvalue weighted by molar-refractivity contribution is 9.10. The van der Waals surface area contributed by atoms with E-state index >= 15 is 0 Å². The average molecular weight is 269 g/mol. The van der Waals surface area contributed by atoms with Gasteiger partial charge in [0, 0.05) is 0 Å². The largest absolute Gasteiger partial charge is 0.471 e. The molecule has 0 atom stereocenters. The third kappa shape index (κ3) is 3.04. The average Bonchev–Trinajstić information content (AvgIpc) is 2.16. The Morgan fingerprint density at radius 1 is 1.64 bits per heavy atom. The van der Waals surface area contributed by atoms with E-state index in [1.807, 2.05) is 0 Å². The fourth-order valence-corrected chi connectivity index (χ4v) is 0.970. The molecular weight excluding hydrogens is 262 g/mol. The van der Waals surface area contributed by atoms with Gasteiger partial charge >= 0.3 is 0 Å². The Balaban J connectivity index is 2.73. The van der Waals surface area contributed by atoms with Gasteiger partial charge in [-0.3, -0.25) is 5.43 Å². The molecule has 1 rings (SSSR count). The van der Waals surface area contributed by atoms with Gasteiger partial charge in [0.1, 0.15) is 0 Å². The van der Waals surface area contributed by atoms with Crippen LogP contribution in [0.4, 0.5) is 14.7 Å². The molecule has 0 spiro atoms. The fraction of sp³-hybridized carbons (Fsp3) is 0.333. The van der Waals surface area contributed by atoms with Crippen molar-refractivity contribution in [2.45, 2.75) is 6.43 Å². The lowest BCUT2D eigenvalue weighted by Gasteiger charge is -2.06. The first-order valence-corrected chi connectivity index (χ1v) is 4.33. The molecule has 0 aromatic carbocycles. The smallest absolute Gasteiger partial charge is 0.272 e. The van der Waals surface area contributed by atoms with Gasteiger partial charge in [0.15, 0.2) is 6.61 Å². The van der Waals surface area contributed by atoms with Crippen molar-refractivity contribution < 1.29 is 13.5 Å². The highest BCUT2D eigenvalue weighted by Crippen LogP contribution is 2.22. The van der Waals surface area contributed by atoms with Crippen LogP contribution in [0.2, 0.25) is 0 Å². The molecule has 0 aliphatic rings. The normalized spacial score (nSPS) is 10.4. The minimum Gasteiger partial charge on any atom is -0.471 e. The summed E-state index contributed by atoms with van der Waals surface area (Å²) in [5.41, 5.74) is 2.17. The number of nitrogen functional groups attached to an aromatic ring is 1. The van der Waals surface area contributed by atoms with E-state index in [4.69, 9.17) is 10.6 Å². The number of hydrogen-bond acceptors (Lipinski definition) is 5. The molecule has 0 aliphatic heterocycles. The Labute approximate surface area is 86.8 Å². The number of halogens is 3. The van der Waals surface area contributed by atoms with Gasteiger partial charge in [-0.15, -0.1) is 0 Å². The Morgan fingerprint density at radius 3 is 2.93 bits per heavy atom. The van der Waals surface area contributed by atoms with Crippen molar-refractivity contribution in [1.29, 1.82) is 0 Å². The summed E-state index contributed by atoms with van der Waals surface area (Å²) in [6.07, 6.45) is -1.20. The molecule has 0 fully saturated rings. The van der Waals surface area contributed by atoms with Crippen LogP contribution in [0.25, 0.3) is 0 Å². The molecule has 8 heteroatoms. The summed E-state index contributed by atoms with van der Waals surface area (Å²) in [5, 5.41) is 0. The van der Waals surface area contributed by atoms with Gasteiger partial charge < -0.3 is 4.74 Å². The van der Waals surface area contributed by atoms with Gasteiger partial charge in [0.05, 0.1) is 10.7 Å². The molecule has 0 unspecified atom stereocenters. The topological polar surface area (TPSA) is 73.1 Å². The zero-order valence-corrected chi connectivity index (χ0v) is 8.46. The van der Waals surface area contributed by atoms with Crippen LogP contribution in [0.1, 0.15) is 0 Å². The van der Waals surface area contributed by atoms with E-state index in [9.17, 15) is 8.78 Å². The van der Waals surface area contributed by atoms with E-state index < -0.39 is 13.0 Å². The van der Waals surface area contributed by atoms with Crippen LogP contribution in [0, 0.1) is 0 Å². The van der Waals surface area contributed by atoms with Crippen LogP contribution in [-0.2, 0) is 0 Å². The first-order valence-electron chi connectivity index (χ1n) is 3.53. The zero-order valence-electron chi connectivity index (χ0n) is 6.88. The maximum atomic E-state index is 11.8. The molecule has 1 aromatic heterocycles. The van der Waals surface area contributed by atoms with Crippen LogP contribution >= 0.6 is 15.9 Å². The van der Waals surface area contributed by atoms with E-state index in [1.54, 1.807) is 0 Å². The summed E-state index contributed by atoms with van der Waals surface area (Å²) in [6, 6.07) is 0. The SMILES string of the molecule is NNc1ncc(Br)c(OCC(F)F)n1. The van der Waals surface area contributed by atoms with E-state index in [-0.39, 0.29) is 11.8 Å². The van der Waals surface area contributed by atoms with E-state index in [0.717, 1.165) is 0 Å². The number of alkyl halides is 2. The highest BCUT2D eigenvalue weighted by atomic mass is 79.9. The summed E-state index contributed by atoms with van der Waals surface area (Å²) in [4.78, 5) is 7.44. The van der Waals surface area contributed by atoms with Crippen LogP contribution in [0.15, 0.2) is 10.7 Å². The van der Waals surface area contributed by atoms with Crippen LogP contribution in [0.5, 0.6) is 5.88 Å². The highest BCUT2D eigenvalue weighted by Gasteiger charge is 2.09. The quantitative estimate of drug-likeness (QED) is 0.634. The van der Waals surface area contributed by atoms with Crippen molar-refractivity contribution in [3.8, 4) is 5.88 Å². The zero-order chi connectivity index (χ0) is 10.6. The molecule has 14 heavy (non-hydrogen) atoms. The maximum absolute atomic E-state index is 11.8. The first-order chi connectivity index (χ1) is 6.63. The number of hydrazine groups is 1. The number of hydrogen-bond donors (Lipinski definition) is 2. The molecule has 3 N–H and O–H groups in total. The molecule has 1 aromatic rings. The minimum absolute atomic E-state index is 0.0215. The molecule has 0 saturated carbocycles. The van der Waals surface area contributed by atoms with Gasteiger partial charge in [-0.1, -0.05) is 0 Å². The summed E-state index contributed by atoms with van der Waals surface area (Å²) >= 11 is 3.05. The second-order valence-electron chi connectivity index (χ2n) is 2.19. The Hall–Kier alpha value is -1.02. The van der Waals surface area contributed by atoms with Gasteiger partial charge in [-0.2, -0.15) is 4.98 Å². The summed E-state index contributed by atoms with van der Waals surface area (Å²) in [7, 11) is 0. The van der Waals surface area contributed by atoms with Gasteiger partial charge in [0.2, 0.25) is 11.8 Å². The number of aromatic nitrogens is 2. The second-order valence-corrected chi connectivity index (χ2v) is 3.05. The van der Waals surface area contributed by atoms with Gasteiger partial charge in [-0.25, -0.2) is 19.6 Å². The number of nitrogens with two attached hydrogens (primary N) is 1. The van der Waals surface area contributed by atoms with Gasteiger partial charge in [0.25, 0.3) is 6.43 Å². The molecule has 0 aliphatic carbocycles. The van der Waals surface area contributed by atoms with E-state index in [0.29, 0.717) is 4.47 Å². The molecule has 0 saturated heterocycles. The van der Waals surface area contributed by atoms with Crippen LogP contribution in [-0.4, -0.2) is 23.0 Å². The van der Waals surface area contributed by atoms with Crippen molar-refractivity contribution in [3.63, 3.8) is 0 Å². The fourth-order valence-electron chi connectivity index (χ4n) is 0.664. The molecule has 5 nitrogen and oxygen atoms in total. The third-order valence-corrected chi connectivity index (χ3v) is 1.73. The van der Waals surface area contributed by atoms with Crippen molar-refractivity contribution in [2.24, 2.45) is 5.84 Å². The number of rotatable bonds is 4. The lowest BCUT2D eigenvalue weighted by molar-refractivity contribution is 0.0791. The number of ether oxygens (including phenoxy) is 1. The van der Waals surface area contributed by atoms with Crippen LogP contribution < -0.4 is 16.0 Å². The van der Waals surface area contributed by atoms with Crippen molar-refractivity contribution >= 4 is 21.9 Å². The van der Waals surface area contributed by atoms with Crippen molar-refractivity contribution in [1.82, 2.24) is 9.97 Å². The van der Waals surface area contributed by atoms with Gasteiger partial charge in [-0.05, 0) is 15.9 Å². The molecule has 0 amide bonds. The lowest BCUT2D eigenvalue weighted by Crippen LogP contribution is -2.13. The third-order valence-electron chi connectivity index (χ3n) is 1.19.